The maximum atomic E-state index is 12.9. The average molecular weight is 400 g/mol. The smallest absolute Gasteiger partial charge is 0.266 e. The first-order valence-corrected chi connectivity index (χ1v) is 10.5. The molecular formula is C21H25N3O3S. The number of amides is 1. The van der Waals surface area contributed by atoms with Crippen molar-refractivity contribution in [3.05, 3.63) is 60.2 Å². The Hall–Kier alpha value is -2.51. The van der Waals surface area contributed by atoms with E-state index in [1.54, 1.807) is 55.4 Å². The summed E-state index contributed by atoms with van der Waals surface area (Å²) in [5, 5.41) is 3.14. The minimum atomic E-state index is -3.99. The number of hydrogen-bond donors (Lipinski definition) is 0. The van der Waals surface area contributed by atoms with Crippen molar-refractivity contribution in [2.24, 2.45) is 4.40 Å². The molecule has 1 aliphatic rings. The molecule has 0 N–H and O–H groups in total. The zero-order chi connectivity index (χ0) is 20.7. The molecule has 2 aromatic rings. The first kappa shape index (κ1) is 20.2. The predicted octanol–water partition coefficient (Wildman–Crippen LogP) is 3.40. The molecule has 7 heteroatoms. The van der Waals surface area contributed by atoms with Crippen LogP contribution in [0.4, 0.5) is 5.69 Å². The Labute approximate surface area is 166 Å². The number of anilines is 1. The highest BCUT2D eigenvalue weighted by atomic mass is 32.2. The first-order chi connectivity index (χ1) is 13.0. The fourth-order valence-corrected chi connectivity index (χ4v) is 4.15. The molecule has 1 heterocycles. The van der Waals surface area contributed by atoms with Crippen LogP contribution >= 0.6 is 0 Å². The molecule has 1 fully saturated rings. The molecule has 148 valence electrons. The van der Waals surface area contributed by atoms with Gasteiger partial charge in [0, 0.05) is 7.05 Å². The molecule has 0 saturated carbocycles. The molecule has 2 aromatic carbocycles. The fraction of sp³-hybridized carbons (Fsp3) is 0.333. The Morgan fingerprint density at radius 3 is 2.07 bits per heavy atom. The Bertz CT molecular complexity index is 1010. The number of nitrogens with zero attached hydrogens (tertiary/aromatic N) is 3. The molecule has 1 amide bonds. The summed E-state index contributed by atoms with van der Waals surface area (Å²) in [6, 6.07) is 15.3. The Morgan fingerprint density at radius 2 is 1.54 bits per heavy atom. The Morgan fingerprint density at radius 1 is 0.964 bits per heavy atom. The second kappa shape index (κ2) is 7.14. The van der Waals surface area contributed by atoms with Crippen LogP contribution in [-0.2, 0) is 20.2 Å². The van der Waals surface area contributed by atoms with Gasteiger partial charge in [0.2, 0.25) is 0 Å². The molecule has 0 radical (unpaired) electrons. The van der Waals surface area contributed by atoms with Gasteiger partial charge < -0.3 is 0 Å². The van der Waals surface area contributed by atoms with Gasteiger partial charge in [0.15, 0.2) is 0 Å². The maximum absolute atomic E-state index is 12.9. The van der Waals surface area contributed by atoms with Gasteiger partial charge in [-0.05, 0) is 42.2 Å². The molecule has 6 nitrogen and oxygen atoms in total. The van der Waals surface area contributed by atoms with E-state index in [1.165, 1.54) is 5.01 Å². The summed E-state index contributed by atoms with van der Waals surface area (Å²) in [4.78, 5) is 13.0. The van der Waals surface area contributed by atoms with Gasteiger partial charge in [-0.3, -0.25) is 4.79 Å². The van der Waals surface area contributed by atoms with Gasteiger partial charge in [-0.1, -0.05) is 51.1 Å². The van der Waals surface area contributed by atoms with Crippen LogP contribution in [0.5, 0.6) is 0 Å². The van der Waals surface area contributed by atoms with E-state index < -0.39 is 22.0 Å². The summed E-state index contributed by atoms with van der Waals surface area (Å²) in [7, 11) is -2.25. The van der Waals surface area contributed by atoms with E-state index >= 15 is 0 Å². The summed E-state index contributed by atoms with van der Waals surface area (Å²) in [6.07, 6.45) is 0. The third-order valence-electron chi connectivity index (χ3n) is 4.92. The normalized spacial score (nSPS) is 20.2. The van der Waals surface area contributed by atoms with Crippen LogP contribution in [0.15, 0.2) is 63.9 Å². The van der Waals surface area contributed by atoms with Crippen molar-refractivity contribution >= 4 is 27.3 Å². The molecule has 1 unspecified atom stereocenters. The zero-order valence-electron chi connectivity index (χ0n) is 16.7. The standard InChI is InChI=1S/C21H25N3O3S/c1-15-19(20(25)24(23(15)5)17-9-7-6-8-10-17)22-28(26,27)18-13-11-16(12-14-18)21(2,3)4/h6-15H,1-5H3. The van der Waals surface area contributed by atoms with Crippen molar-refractivity contribution in [3.63, 3.8) is 0 Å². The highest BCUT2D eigenvalue weighted by Gasteiger charge is 2.41. The molecule has 3 rings (SSSR count). The molecule has 1 saturated heterocycles. The van der Waals surface area contributed by atoms with Gasteiger partial charge in [-0.25, -0.2) is 10.0 Å². The van der Waals surface area contributed by atoms with Crippen molar-refractivity contribution in [1.29, 1.82) is 0 Å². The van der Waals surface area contributed by atoms with Gasteiger partial charge in [-0.15, -0.1) is 0 Å². The SMILES string of the molecule is CC1C(=NS(=O)(=O)c2ccc(C(C)(C)C)cc2)C(=O)N(c2ccccc2)N1C. The van der Waals surface area contributed by atoms with Crippen LogP contribution in [0.3, 0.4) is 0 Å². The van der Waals surface area contributed by atoms with E-state index in [4.69, 9.17) is 0 Å². The highest BCUT2D eigenvalue weighted by molar-refractivity contribution is 7.90. The second-order valence-electron chi connectivity index (χ2n) is 7.93. The number of para-hydroxylation sites is 1. The van der Waals surface area contributed by atoms with Crippen LogP contribution in [0.25, 0.3) is 0 Å². The third-order valence-corrected chi connectivity index (χ3v) is 6.23. The minimum absolute atomic E-state index is 0.00579. The number of sulfonamides is 1. The van der Waals surface area contributed by atoms with Crippen LogP contribution < -0.4 is 5.01 Å². The summed E-state index contributed by atoms with van der Waals surface area (Å²) in [5.41, 5.74) is 1.62. The lowest BCUT2D eigenvalue weighted by Crippen LogP contribution is -2.38. The lowest BCUT2D eigenvalue weighted by Gasteiger charge is -2.25. The zero-order valence-corrected chi connectivity index (χ0v) is 17.6. The second-order valence-corrected chi connectivity index (χ2v) is 9.53. The number of carbonyl (C=O) groups is 1. The Balaban J connectivity index is 1.96. The molecule has 28 heavy (non-hydrogen) atoms. The van der Waals surface area contributed by atoms with Gasteiger partial charge in [0.05, 0.1) is 16.6 Å². The van der Waals surface area contributed by atoms with Crippen molar-refractivity contribution in [2.75, 3.05) is 12.1 Å². The van der Waals surface area contributed by atoms with E-state index in [9.17, 15) is 13.2 Å². The minimum Gasteiger partial charge on any atom is -0.266 e. The highest BCUT2D eigenvalue weighted by Crippen LogP contribution is 2.27. The molecule has 0 bridgehead atoms. The summed E-state index contributed by atoms with van der Waals surface area (Å²) in [5.74, 6) is -0.434. The number of hydrazine groups is 1. The van der Waals surface area contributed by atoms with E-state index in [2.05, 4.69) is 25.2 Å². The number of benzene rings is 2. The molecule has 0 aliphatic carbocycles. The van der Waals surface area contributed by atoms with Crippen LogP contribution in [0, 0.1) is 0 Å². The van der Waals surface area contributed by atoms with Gasteiger partial charge >= 0.3 is 0 Å². The quantitative estimate of drug-likeness (QED) is 0.793. The van der Waals surface area contributed by atoms with Crippen LogP contribution in [-0.4, -0.2) is 38.1 Å². The van der Waals surface area contributed by atoms with E-state index in [1.807, 2.05) is 18.2 Å². The maximum Gasteiger partial charge on any atom is 0.289 e. The molecule has 0 aromatic heterocycles. The monoisotopic (exact) mass is 399 g/mol. The van der Waals surface area contributed by atoms with Gasteiger partial charge in [0.25, 0.3) is 15.9 Å². The van der Waals surface area contributed by atoms with Gasteiger partial charge in [-0.2, -0.15) is 12.8 Å². The molecule has 1 atom stereocenters. The summed E-state index contributed by atoms with van der Waals surface area (Å²) < 4.78 is 29.5. The first-order valence-electron chi connectivity index (χ1n) is 9.10. The lowest BCUT2D eigenvalue weighted by atomic mass is 9.87. The third kappa shape index (κ3) is 3.72. The molecular weight excluding hydrogens is 374 g/mol. The van der Waals surface area contributed by atoms with E-state index in [-0.39, 0.29) is 16.0 Å². The number of carbonyl (C=O) groups excluding carboxylic acids is 1. The predicted molar refractivity (Wildman–Crippen MR) is 111 cm³/mol. The molecule has 0 spiro atoms. The topological polar surface area (TPSA) is 70.0 Å². The van der Waals surface area contributed by atoms with Crippen LogP contribution in [0.1, 0.15) is 33.3 Å². The Kier molecular flexibility index (Phi) is 5.16. The number of hydrogen-bond acceptors (Lipinski definition) is 4. The summed E-state index contributed by atoms with van der Waals surface area (Å²) in [6.45, 7) is 7.94. The van der Waals surface area contributed by atoms with Gasteiger partial charge in [0.1, 0.15) is 5.71 Å². The lowest BCUT2D eigenvalue weighted by molar-refractivity contribution is -0.113. The molecule has 1 aliphatic heterocycles. The van der Waals surface area contributed by atoms with Crippen molar-refractivity contribution in [2.45, 2.75) is 44.0 Å². The largest absolute Gasteiger partial charge is 0.289 e. The fourth-order valence-electron chi connectivity index (χ4n) is 3.07. The van der Waals surface area contributed by atoms with Crippen molar-refractivity contribution in [1.82, 2.24) is 5.01 Å². The van der Waals surface area contributed by atoms with E-state index in [0.29, 0.717) is 5.69 Å². The van der Waals surface area contributed by atoms with Crippen molar-refractivity contribution < 1.29 is 13.2 Å². The van der Waals surface area contributed by atoms with Crippen molar-refractivity contribution in [3.8, 4) is 0 Å². The van der Waals surface area contributed by atoms with E-state index in [0.717, 1.165) is 5.56 Å². The van der Waals surface area contributed by atoms with Crippen LogP contribution in [0.2, 0.25) is 0 Å². The average Bonchev–Trinajstić information content (AvgIpc) is 2.85. The summed E-state index contributed by atoms with van der Waals surface area (Å²) >= 11 is 0. The number of rotatable bonds is 3.